The molecule has 3 rings (SSSR count). The smallest absolute Gasteiger partial charge is 0.223 e. The highest BCUT2D eigenvalue weighted by atomic mass is 35.5. The Morgan fingerprint density at radius 3 is 2.91 bits per heavy atom. The van der Waals surface area contributed by atoms with Gasteiger partial charge in [0.1, 0.15) is 0 Å². The van der Waals surface area contributed by atoms with Crippen LogP contribution in [-0.4, -0.2) is 35.4 Å². The fourth-order valence-corrected chi connectivity index (χ4v) is 3.93. The molecule has 0 bridgehead atoms. The lowest BCUT2D eigenvalue weighted by atomic mass is 9.88. The summed E-state index contributed by atoms with van der Waals surface area (Å²) in [5.74, 6) is 1.10. The molecule has 5 heteroatoms. The monoisotopic (exact) mass is 335 g/mol. The molecular formula is C18H26ClN3O. The summed E-state index contributed by atoms with van der Waals surface area (Å²) in [7, 11) is 0. The van der Waals surface area contributed by atoms with Gasteiger partial charge in [-0.2, -0.15) is 0 Å². The summed E-state index contributed by atoms with van der Waals surface area (Å²) in [6.07, 6.45) is 10.5. The summed E-state index contributed by atoms with van der Waals surface area (Å²) in [5.41, 5.74) is 1.13. The quantitative estimate of drug-likeness (QED) is 0.898. The number of halogens is 1. The van der Waals surface area contributed by atoms with Crippen molar-refractivity contribution in [3.8, 4) is 0 Å². The van der Waals surface area contributed by atoms with E-state index in [4.69, 9.17) is 11.6 Å². The third-order valence-corrected chi connectivity index (χ3v) is 5.50. The predicted molar refractivity (Wildman–Crippen MR) is 92.2 cm³/mol. The normalized spacial score (nSPS) is 23.1. The Hall–Kier alpha value is -1.13. The van der Waals surface area contributed by atoms with Crippen molar-refractivity contribution in [2.24, 2.45) is 11.8 Å². The van der Waals surface area contributed by atoms with Crippen LogP contribution in [0.4, 0.5) is 0 Å². The molecule has 2 aliphatic rings. The second-order valence-electron chi connectivity index (χ2n) is 6.94. The molecule has 1 unspecified atom stereocenters. The average Bonchev–Trinajstić information content (AvgIpc) is 3.03. The van der Waals surface area contributed by atoms with E-state index in [1.165, 1.54) is 19.3 Å². The Kier molecular flexibility index (Phi) is 5.90. The van der Waals surface area contributed by atoms with Crippen LogP contribution in [0.2, 0.25) is 5.02 Å². The zero-order valence-electron chi connectivity index (χ0n) is 13.6. The van der Waals surface area contributed by atoms with Crippen molar-refractivity contribution in [3.05, 3.63) is 29.0 Å². The number of rotatable bonds is 5. The number of likely N-dealkylation sites (tertiary alicyclic amines) is 1. The van der Waals surface area contributed by atoms with Crippen molar-refractivity contribution in [1.82, 2.24) is 15.2 Å². The summed E-state index contributed by atoms with van der Waals surface area (Å²) in [6, 6.07) is 1.99. The van der Waals surface area contributed by atoms with E-state index in [1.807, 2.05) is 6.07 Å². The number of aromatic nitrogens is 1. The third-order valence-electron chi connectivity index (χ3n) is 5.16. The SMILES string of the molecule is O=C(NCC1CCN(Cc2ccncc2Cl)C1)C1CCCCC1. The van der Waals surface area contributed by atoms with E-state index in [-0.39, 0.29) is 11.8 Å². The van der Waals surface area contributed by atoms with E-state index in [0.29, 0.717) is 5.92 Å². The van der Waals surface area contributed by atoms with Gasteiger partial charge in [-0.15, -0.1) is 0 Å². The van der Waals surface area contributed by atoms with Crippen LogP contribution in [0.5, 0.6) is 0 Å². The van der Waals surface area contributed by atoms with Crippen LogP contribution < -0.4 is 5.32 Å². The number of carbonyl (C=O) groups excluding carboxylic acids is 1. The molecule has 1 aliphatic heterocycles. The van der Waals surface area contributed by atoms with Crippen molar-refractivity contribution >= 4 is 17.5 Å². The van der Waals surface area contributed by atoms with Gasteiger partial charge in [-0.25, -0.2) is 0 Å². The molecule has 2 fully saturated rings. The first-order valence-corrected chi connectivity index (χ1v) is 9.18. The molecular weight excluding hydrogens is 310 g/mol. The van der Waals surface area contributed by atoms with Crippen molar-refractivity contribution < 1.29 is 4.79 Å². The van der Waals surface area contributed by atoms with Gasteiger partial charge in [0.25, 0.3) is 0 Å². The van der Waals surface area contributed by atoms with Gasteiger partial charge in [0.05, 0.1) is 5.02 Å². The van der Waals surface area contributed by atoms with Gasteiger partial charge in [0.2, 0.25) is 5.91 Å². The van der Waals surface area contributed by atoms with Gasteiger partial charge >= 0.3 is 0 Å². The summed E-state index contributed by atoms with van der Waals surface area (Å²) in [6.45, 7) is 3.79. The van der Waals surface area contributed by atoms with E-state index in [1.54, 1.807) is 12.4 Å². The highest BCUT2D eigenvalue weighted by Gasteiger charge is 2.25. The number of amides is 1. The molecule has 1 amide bonds. The maximum Gasteiger partial charge on any atom is 0.223 e. The van der Waals surface area contributed by atoms with Crippen LogP contribution >= 0.6 is 11.6 Å². The van der Waals surface area contributed by atoms with Gasteiger partial charge in [0.15, 0.2) is 0 Å². The molecule has 1 aromatic rings. The second-order valence-corrected chi connectivity index (χ2v) is 7.34. The Morgan fingerprint density at radius 2 is 2.13 bits per heavy atom. The lowest BCUT2D eigenvalue weighted by molar-refractivity contribution is -0.126. The van der Waals surface area contributed by atoms with Gasteiger partial charge in [-0.1, -0.05) is 30.9 Å². The largest absolute Gasteiger partial charge is 0.356 e. The molecule has 2 heterocycles. The topological polar surface area (TPSA) is 45.2 Å². The summed E-state index contributed by atoms with van der Waals surface area (Å²) in [4.78, 5) is 18.7. The van der Waals surface area contributed by atoms with Crippen LogP contribution in [0.1, 0.15) is 44.1 Å². The van der Waals surface area contributed by atoms with Crippen molar-refractivity contribution in [2.45, 2.75) is 45.1 Å². The van der Waals surface area contributed by atoms with Gasteiger partial charge < -0.3 is 5.32 Å². The molecule has 4 nitrogen and oxygen atoms in total. The van der Waals surface area contributed by atoms with Crippen molar-refractivity contribution in [3.63, 3.8) is 0 Å². The summed E-state index contributed by atoms with van der Waals surface area (Å²) < 4.78 is 0. The number of nitrogens with zero attached hydrogens (tertiary/aromatic N) is 2. The Labute approximate surface area is 143 Å². The van der Waals surface area contributed by atoms with Crippen LogP contribution in [0.15, 0.2) is 18.5 Å². The fourth-order valence-electron chi connectivity index (χ4n) is 3.75. The molecule has 1 saturated carbocycles. The zero-order chi connectivity index (χ0) is 16.1. The zero-order valence-corrected chi connectivity index (χ0v) is 14.4. The molecule has 126 valence electrons. The first-order valence-electron chi connectivity index (χ1n) is 8.81. The van der Waals surface area contributed by atoms with Crippen LogP contribution in [0.25, 0.3) is 0 Å². The number of hydrogen-bond acceptors (Lipinski definition) is 3. The van der Waals surface area contributed by atoms with Crippen molar-refractivity contribution in [1.29, 1.82) is 0 Å². The second kappa shape index (κ2) is 8.11. The first kappa shape index (κ1) is 16.7. The van der Waals surface area contributed by atoms with Crippen LogP contribution in [0.3, 0.4) is 0 Å². The molecule has 1 saturated heterocycles. The predicted octanol–water partition coefficient (Wildman–Crippen LogP) is 3.25. The molecule has 0 radical (unpaired) electrons. The Morgan fingerprint density at radius 1 is 1.30 bits per heavy atom. The van der Waals surface area contributed by atoms with Gasteiger partial charge in [0, 0.05) is 37.9 Å². The van der Waals surface area contributed by atoms with Crippen molar-refractivity contribution in [2.75, 3.05) is 19.6 Å². The molecule has 1 aliphatic carbocycles. The first-order chi connectivity index (χ1) is 11.2. The van der Waals surface area contributed by atoms with Gasteiger partial charge in [-0.3, -0.25) is 14.7 Å². The Bertz CT molecular complexity index is 531. The summed E-state index contributed by atoms with van der Waals surface area (Å²) >= 11 is 6.18. The van der Waals surface area contributed by atoms with E-state index in [0.717, 1.165) is 56.0 Å². The molecule has 23 heavy (non-hydrogen) atoms. The summed E-state index contributed by atoms with van der Waals surface area (Å²) in [5, 5.41) is 3.93. The minimum absolute atomic E-state index is 0.261. The molecule has 1 atom stereocenters. The number of carbonyl (C=O) groups is 1. The third kappa shape index (κ3) is 4.67. The van der Waals surface area contributed by atoms with E-state index in [9.17, 15) is 4.79 Å². The minimum Gasteiger partial charge on any atom is -0.356 e. The molecule has 1 aromatic heterocycles. The lowest BCUT2D eigenvalue weighted by Gasteiger charge is -2.22. The fraction of sp³-hybridized carbons (Fsp3) is 0.667. The number of hydrogen-bond donors (Lipinski definition) is 1. The molecule has 0 aromatic carbocycles. The van der Waals surface area contributed by atoms with E-state index < -0.39 is 0 Å². The maximum absolute atomic E-state index is 12.2. The van der Waals surface area contributed by atoms with Gasteiger partial charge in [-0.05, 0) is 43.4 Å². The number of nitrogens with one attached hydrogen (secondary N) is 1. The highest BCUT2D eigenvalue weighted by Crippen LogP contribution is 2.24. The minimum atomic E-state index is 0.261. The standard InChI is InChI=1S/C18H26ClN3O/c19-17-11-20-8-6-16(17)13-22-9-7-14(12-22)10-21-18(23)15-4-2-1-3-5-15/h6,8,11,14-15H,1-5,7,9-10,12-13H2,(H,21,23). The van der Waals surface area contributed by atoms with E-state index in [2.05, 4.69) is 15.2 Å². The maximum atomic E-state index is 12.2. The van der Waals surface area contributed by atoms with Crippen LogP contribution in [0, 0.1) is 11.8 Å². The molecule has 0 spiro atoms. The van der Waals surface area contributed by atoms with E-state index >= 15 is 0 Å². The Balaban J connectivity index is 1.41. The average molecular weight is 336 g/mol. The number of pyridine rings is 1. The highest BCUT2D eigenvalue weighted by molar-refractivity contribution is 6.31. The lowest BCUT2D eigenvalue weighted by Crippen LogP contribution is -2.36. The van der Waals surface area contributed by atoms with Crippen LogP contribution in [-0.2, 0) is 11.3 Å². The molecule has 1 N–H and O–H groups in total.